The lowest BCUT2D eigenvalue weighted by Gasteiger charge is -2.07. The van der Waals surface area contributed by atoms with Crippen LogP contribution in [-0.4, -0.2) is 34.0 Å². The van der Waals surface area contributed by atoms with Crippen molar-refractivity contribution in [2.24, 2.45) is 7.05 Å². The average Bonchev–Trinajstić information content (AvgIpc) is 2.69. The zero-order valence-corrected chi connectivity index (χ0v) is 14.0. The number of benzene rings is 1. The summed E-state index contributed by atoms with van der Waals surface area (Å²) in [5, 5.41) is 2.36. The number of hydrogen-bond donors (Lipinski definition) is 1. The zero-order chi connectivity index (χ0) is 17.2. The first-order valence-corrected chi connectivity index (χ1v) is 9.36. The van der Waals surface area contributed by atoms with E-state index in [9.17, 15) is 22.6 Å². The Labute approximate surface area is 136 Å². The van der Waals surface area contributed by atoms with Crippen LogP contribution in [0.25, 0.3) is 5.69 Å². The van der Waals surface area contributed by atoms with Crippen molar-refractivity contribution >= 4 is 31.5 Å². The Morgan fingerprint density at radius 2 is 1.91 bits per heavy atom. The molecule has 0 fully saturated rings. The summed E-state index contributed by atoms with van der Waals surface area (Å²) in [5.41, 5.74) is 0.729. The molecule has 0 aliphatic heterocycles. The first kappa shape index (κ1) is 17.3. The van der Waals surface area contributed by atoms with E-state index in [1.807, 2.05) is 6.07 Å². The van der Waals surface area contributed by atoms with Crippen LogP contribution in [0.15, 0.2) is 35.1 Å². The lowest BCUT2D eigenvalue weighted by Crippen LogP contribution is -2.23. The van der Waals surface area contributed by atoms with E-state index in [-0.39, 0.29) is 16.5 Å². The Hall–Kier alpha value is -2.04. The number of amides is 1. The van der Waals surface area contributed by atoms with Gasteiger partial charge in [-0.1, -0.05) is 18.2 Å². The number of aromatic nitrogens is 2. The van der Waals surface area contributed by atoms with E-state index in [0.29, 0.717) is 11.4 Å². The number of para-hydroxylation sites is 1. The number of nitrogens with one attached hydrogen (secondary N) is 1. The molecule has 1 aromatic heterocycles. The van der Waals surface area contributed by atoms with Crippen LogP contribution >= 0.6 is 10.8 Å². The standard InChI is InChI=1S/C13H15N3O5S2/c1-9-12(14-11(17)8-22-23(19,20)21)13(18)16(15(9)2)10-6-4-3-5-7-10/h3-7H,8H2,1-2H3,(H,14,17)(H,19,20,21)/p-1. The molecule has 2 rings (SSSR count). The molecule has 0 atom stereocenters. The highest BCUT2D eigenvalue weighted by Gasteiger charge is 2.18. The van der Waals surface area contributed by atoms with Crippen molar-refractivity contribution < 1.29 is 17.8 Å². The topological polar surface area (TPSA) is 113 Å². The van der Waals surface area contributed by atoms with Gasteiger partial charge in [0.1, 0.15) is 14.8 Å². The summed E-state index contributed by atoms with van der Waals surface area (Å²) >= 11 is 0. The molecule has 0 bridgehead atoms. The second kappa shape index (κ2) is 6.60. The molecule has 23 heavy (non-hydrogen) atoms. The van der Waals surface area contributed by atoms with Gasteiger partial charge in [0.05, 0.1) is 17.1 Å². The molecule has 1 amide bonds. The number of hydrogen-bond acceptors (Lipinski definition) is 6. The third-order valence-electron chi connectivity index (χ3n) is 3.15. The number of carbonyl (C=O) groups excluding carboxylic acids is 1. The van der Waals surface area contributed by atoms with Gasteiger partial charge >= 0.3 is 0 Å². The summed E-state index contributed by atoms with van der Waals surface area (Å²) in [6.07, 6.45) is 0. The summed E-state index contributed by atoms with van der Waals surface area (Å²) in [6, 6.07) is 8.85. The summed E-state index contributed by atoms with van der Waals surface area (Å²) in [7, 11) is -2.93. The van der Waals surface area contributed by atoms with E-state index < -0.39 is 26.4 Å². The van der Waals surface area contributed by atoms with Crippen molar-refractivity contribution in [3.05, 3.63) is 46.4 Å². The fourth-order valence-corrected chi connectivity index (χ4v) is 3.09. The van der Waals surface area contributed by atoms with Gasteiger partial charge in [-0.3, -0.25) is 14.3 Å². The molecular formula is C13H14N3O5S2-. The fourth-order valence-electron chi connectivity index (χ4n) is 2.01. The van der Waals surface area contributed by atoms with Gasteiger partial charge in [0.15, 0.2) is 0 Å². The first-order valence-electron chi connectivity index (χ1n) is 6.45. The van der Waals surface area contributed by atoms with Crippen LogP contribution in [-0.2, 0) is 21.0 Å². The van der Waals surface area contributed by atoms with E-state index in [2.05, 4.69) is 5.32 Å². The molecule has 124 valence electrons. The first-order chi connectivity index (χ1) is 10.7. The van der Waals surface area contributed by atoms with Gasteiger partial charge in [-0.15, -0.1) is 0 Å². The molecule has 0 unspecified atom stereocenters. The van der Waals surface area contributed by atoms with Gasteiger partial charge in [-0.05, 0) is 29.9 Å². The maximum absolute atomic E-state index is 12.5. The van der Waals surface area contributed by atoms with Crippen molar-refractivity contribution in [2.45, 2.75) is 6.92 Å². The number of anilines is 1. The fraction of sp³-hybridized carbons (Fsp3) is 0.231. The maximum atomic E-state index is 12.5. The van der Waals surface area contributed by atoms with Crippen LogP contribution in [0, 0.1) is 6.92 Å². The number of carbonyl (C=O) groups is 1. The third kappa shape index (κ3) is 4.03. The van der Waals surface area contributed by atoms with Gasteiger partial charge in [-0.25, -0.2) is 13.1 Å². The summed E-state index contributed by atoms with van der Waals surface area (Å²) in [5.74, 6) is -1.31. The highest BCUT2D eigenvalue weighted by molar-refractivity contribution is 8.70. The molecule has 0 aliphatic rings. The highest BCUT2D eigenvalue weighted by atomic mass is 33.1. The molecule has 8 nitrogen and oxygen atoms in total. The van der Waals surface area contributed by atoms with Crippen LogP contribution in [0.4, 0.5) is 5.69 Å². The van der Waals surface area contributed by atoms with E-state index in [1.54, 1.807) is 42.9 Å². The van der Waals surface area contributed by atoms with E-state index >= 15 is 0 Å². The molecule has 0 aliphatic carbocycles. The zero-order valence-electron chi connectivity index (χ0n) is 12.3. The van der Waals surface area contributed by atoms with Gasteiger partial charge in [0.25, 0.3) is 5.56 Å². The monoisotopic (exact) mass is 356 g/mol. The van der Waals surface area contributed by atoms with Crippen molar-refractivity contribution in [1.82, 2.24) is 9.36 Å². The molecule has 0 spiro atoms. The summed E-state index contributed by atoms with van der Waals surface area (Å²) in [6.45, 7) is 1.65. The van der Waals surface area contributed by atoms with Crippen molar-refractivity contribution in [1.29, 1.82) is 0 Å². The lowest BCUT2D eigenvalue weighted by atomic mass is 10.3. The second-order valence-corrected chi connectivity index (χ2v) is 7.93. The molecule has 10 heteroatoms. The SMILES string of the molecule is Cc1c(NC(=O)CSS(=O)(=O)[O-])c(=O)n(-c2ccccc2)n1C. The quantitative estimate of drug-likeness (QED) is 0.620. The molecule has 1 heterocycles. The molecular weight excluding hydrogens is 342 g/mol. The smallest absolute Gasteiger partial charge is 0.295 e. The molecule has 1 aromatic carbocycles. The minimum atomic E-state index is -4.56. The Morgan fingerprint density at radius 3 is 2.48 bits per heavy atom. The van der Waals surface area contributed by atoms with Gasteiger partial charge in [0, 0.05) is 7.05 Å². The molecule has 0 saturated heterocycles. The second-order valence-electron chi connectivity index (χ2n) is 4.66. The van der Waals surface area contributed by atoms with Crippen LogP contribution in [0.2, 0.25) is 0 Å². The van der Waals surface area contributed by atoms with Crippen LogP contribution in [0.3, 0.4) is 0 Å². The minimum absolute atomic E-state index is 0.0310. The number of nitrogens with zero attached hydrogens (tertiary/aromatic N) is 2. The Bertz CT molecular complexity index is 884. The van der Waals surface area contributed by atoms with Crippen LogP contribution in [0.1, 0.15) is 5.69 Å². The highest BCUT2D eigenvalue weighted by Crippen LogP contribution is 2.15. The van der Waals surface area contributed by atoms with E-state index in [1.165, 1.54) is 4.68 Å². The van der Waals surface area contributed by atoms with Gasteiger partial charge in [-0.2, -0.15) is 0 Å². The molecule has 2 aromatic rings. The van der Waals surface area contributed by atoms with Crippen molar-refractivity contribution in [2.75, 3.05) is 11.1 Å². The van der Waals surface area contributed by atoms with Crippen molar-refractivity contribution in [3.63, 3.8) is 0 Å². The predicted molar refractivity (Wildman–Crippen MR) is 86.5 cm³/mol. The predicted octanol–water partition coefficient (Wildman–Crippen LogP) is 0.616. The van der Waals surface area contributed by atoms with E-state index in [0.717, 1.165) is 0 Å². The Morgan fingerprint density at radius 1 is 1.30 bits per heavy atom. The molecule has 0 radical (unpaired) electrons. The Kier molecular flexibility index (Phi) is 4.97. The lowest BCUT2D eigenvalue weighted by molar-refractivity contribution is -0.113. The number of rotatable bonds is 5. The molecule has 0 saturated carbocycles. The van der Waals surface area contributed by atoms with Crippen molar-refractivity contribution in [3.8, 4) is 5.69 Å². The van der Waals surface area contributed by atoms with Gasteiger partial charge < -0.3 is 9.87 Å². The third-order valence-corrected chi connectivity index (χ3v) is 5.04. The van der Waals surface area contributed by atoms with Crippen LogP contribution < -0.4 is 10.9 Å². The maximum Gasteiger partial charge on any atom is 0.295 e. The largest absolute Gasteiger partial charge is 0.739 e. The Balaban J connectivity index is 2.31. The summed E-state index contributed by atoms with van der Waals surface area (Å²) in [4.78, 5) is 24.2. The summed E-state index contributed by atoms with van der Waals surface area (Å²) < 4.78 is 34.5. The average molecular weight is 356 g/mol. The normalized spacial score (nSPS) is 11.4. The van der Waals surface area contributed by atoms with E-state index in [4.69, 9.17) is 0 Å². The molecule has 1 N–H and O–H groups in total. The van der Waals surface area contributed by atoms with Crippen LogP contribution in [0.5, 0.6) is 0 Å². The van der Waals surface area contributed by atoms with Gasteiger partial charge in [0.2, 0.25) is 5.91 Å². The minimum Gasteiger partial charge on any atom is -0.739 e.